The smallest absolute Gasteiger partial charge is 0.246 e. The molecule has 2 aromatic carbocycles. The Labute approximate surface area is 330 Å². The molecule has 56 heavy (non-hydrogen) atoms. The third-order valence-electron chi connectivity index (χ3n) is 12.5. The van der Waals surface area contributed by atoms with Crippen molar-refractivity contribution >= 4 is 23.5 Å². The molecule has 1 saturated heterocycles. The molecule has 9 heteroatoms. The van der Waals surface area contributed by atoms with Gasteiger partial charge in [-0.3, -0.25) is 14.4 Å². The molecule has 6 aliphatic rings. The van der Waals surface area contributed by atoms with Gasteiger partial charge in [-0.15, -0.1) is 0 Å². The van der Waals surface area contributed by atoms with Gasteiger partial charge < -0.3 is 29.7 Å². The van der Waals surface area contributed by atoms with Gasteiger partial charge in [0.05, 0.1) is 23.3 Å². The van der Waals surface area contributed by atoms with E-state index in [0.717, 1.165) is 12.0 Å². The maximum atomic E-state index is 15.0. The average Bonchev–Trinajstić information content (AvgIpc) is 3.30. The minimum Gasteiger partial charge on any atom is -0.506 e. The molecule has 296 valence electrons. The number of carbonyl (C=O) groups is 3. The van der Waals surface area contributed by atoms with E-state index in [4.69, 9.17) is 14.2 Å². The molecule has 1 amide bonds. The molecular formula is C47H55NO8. The van der Waals surface area contributed by atoms with Crippen molar-refractivity contribution < 1.29 is 38.8 Å². The molecular weight excluding hydrogens is 707 g/mol. The molecule has 1 saturated carbocycles. The van der Waals surface area contributed by atoms with Gasteiger partial charge in [0.25, 0.3) is 0 Å². The van der Waals surface area contributed by atoms with Gasteiger partial charge in [-0.2, -0.15) is 0 Å². The Balaban J connectivity index is 1.32. The number of rotatable bonds is 11. The molecule has 3 N–H and O–H groups in total. The Kier molecular flexibility index (Phi) is 9.90. The van der Waals surface area contributed by atoms with Gasteiger partial charge in [0.1, 0.15) is 28.4 Å². The first-order valence-electron chi connectivity index (χ1n) is 19.8. The summed E-state index contributed by atoms with van der Waals surface area (Å²) in [5, 5.41) is 25.8. The second kappa shape index (κ2) is 14.0. The lowest BCUT2D eigenvalue weighted by Gasteiger charge is -2.56. The van der Waals surface area contributed by atoms with Gasteiger partial charge in [0.2, 0.25) is 5.91 Å². The number of aromatic hydroxyl groups is 1. The molecule has 1 spiro atoms. The highest BCUT2D eigenvalue weighted by Crippen LogP contribution is 2.68. The number of benzene rings is 2. The minimum absolute atomic E-state index is 0.0288. The lowest BCUT2D eigenvalue weighted by atomic mass is 9.51. The number of hydrogen-bond acceptors (Lipinski definition) is 8. The van der Waals surface area contributed by atoms with Crippen LogP contribution in [0.2, 0.25) is 0 Å². The molecule has 3 heterocycles. The summed E-state index contributed by atoms with van der Waals surface area (Å²) in [5.74, 6) is -1.56. The Morgan fingerprint density at radius 2 is 1.68 bits per heavy atom. The van der Waals surface area contributed by atoms with E-state index in [-0.39, 0.29) is 29.3 Å². The Bertz CT molecular complexity index is 2150. The van der Waals surface area contributed by atoms with E-state index in [0.29, 0.717) is 52.8 Å². The minimum atomic E-state index is -1.64. The van der Waals surface area contributed by atoms with E-state index in [9.17, 15) is 19.8 Å². The highest BCUT2D eigenvalue weighted by Gasteiger charge is 2.81. The number of hydrogen-bond donors (Lipinski definition) is 3. The molecule has 8 rings (SSSR count). The topological polar surface area (TPSA) is 131 Å². The van der Waals surface area contributed by atoms with E-state index in [1.807, 2.05) is 71.0 Å². The van der Waals surface area contributed by atoms with Crippen LogP contribution in [-0.2, 0) is 20.7 Å². The summed E-state index contributed by atoms with van der Waals surface area (Å²) >= 11 is 0. The van der Waals surface area contributed by atoms with Crippen LogP contribution in [0.25, 0.3) is 6.08 Å². The quantitative estimate of drug-likeness (QED) is 0.154. The van der Waals surface area contributed by atoms with Crippen molar-refractivity contribution in [1.82, 2.24) is 5.32 Å². The highest BCUT2D eigenvalue weighted by atomic mass is 16.6. The standard InChI is InChI=1S/C47H55NO8/c1-26(2)14-13-21-45(9)22-20-32-38(50)36-39(51)34-24-31-25-35-44(7,8)56-46(42(31)52,47(34,35)55-41(36)33(40(32)54-45)18-17-27(3)4)23-19-28(5)43(53)48-29(6)37(49)30-15-11-10-12-16-30/h10-12,14-17,19-20,22,24,29,31,35,37,49-50H,13,18,21,23,25H2,1-9H3,(H,48,53)/b28-19-. The maximum absolute atomic E-state index is 15.0. The number of phenols is 1. The van der Waals surface area contributed by atoms with Crippen LogP contribution >= 0.6 is 0 Å². The third-order valence-corrected chi connectivity index (χ3v) is 12.5. The molecule has 7 atom stereocenters. The zero-order valence-corrected chi connectivity index (χ0v) is 34.0. The Morgan fingerprint density at radius 1 is 0.982 bits per heavy atom. The number of allylic oxidation sites excluding steroid dienone is 5. The fraction of sp³-hybridized carbons (Fsp3) is 0.468. The monoisotopic (exact) mass is 761 g/mol. The average molecular weight is 762 g/mol. The van der Waals surface area contributed by atoms with Crippen molar-refractivity contribution in [2.24, 2.45) is 11.8 Å². The van der Waals surface area contributed by atoms with Crippen LogP contribution in [0.1, 0.15) is 121 Å². The number of nitrogens with one attached hydrogen (secondary N) is 1. The van der Waals surface area contributed by atoms with E-state index in [1.54, 1.807) is 38.1 Å². The molecule has 2 fully saturated rings. The molecule has 0 radical (unpaired) electrons. The molecule has 3 aliphatic heterocycles. The van der Waals surface area contributed by atoms with Crippen LogP contribution in [0.3, 0.4) is 0 Å². The largest absolute Gasteiger partial charge is 0.506 e. The fourth-order valence-corrected chi connectivity index (χ4v) is 9.52. The fourth-order valence-electron chi connectivity index (χ4n) is 9.52. The van der Waals surface area contributed by atoms with E-state index >= 15 is 4.79 Å². The molecule has 3 aliphatic carbocycles. The summed E-state index contributed by atoms with van der Waals surface area (Å²) in [4.78, 5) is 43.3. The predicted octanol–water partition coefficient (Wildman–Crippen LogP) is 8.39. The second-order valence-corrected chi connectivity index (χ2v) is 17.6. The van der Waals surface area contributed by atoms with Crippen LogP contribution in [0.5, 0.6) is 17.2 Å². The maximum Gasteiger partial charge on any atom is 0.246 e. The van der Waals surface area contributed by atoms with Crippen LogP contribution in [0.4, 0.5) is 0 Å². The summed E-state index contributed by atoms with van der Waals surface area (Å²) in [6, 6.07) is 8.52. The van der Waals surface area contributed by atoms with E-state index in [2.05, 4.69) is 25.2 Å². The highest BCUT2D eigenvalue weighted by molar-refractivity contribution is 6.19. The number of fused-ring (bicyclic) bond motifs is 2. The zero-order valence-electron chi connectivity index (χ0n) is 34.0. The Morgan fingerprint density at radius 3 is 2.36 bits per heavy atom. The summed E-state index contributed by atoms with van der Waals surface area (Å²) in [7, 11) is 0. The number of ether oxygens (including phenoxy) is 3. The molecule has 4 bridgehead atoms. The first-order valence-corrected chi connectivity index (χ1v) is 19.8. The van der Waals surface area contributed by atoms with Crippen molar-refractivity contribution in [3.8, 4) is 17.2 Å². The summed E-state index contributed by atoms with van der Waals surface area (Å²) in [6.07, 6.45) is 12.7. The molecule has 9 nitrogen and oxygen atoms in total. The number of aliphatic hydroxyl groups excluding tert-OH is 1. The van der Waals surface area contributed by atoms with Crippen molar-refractivity contribution in [3.05, 3.63) is 105 Å². The van der Waals surface area contributed by atoms with E-state index < -0.39 is 58.1 Å². The third kappa shape index (κ3) is 6.18. The summed E-state index contributed by atoms with van der Waals surface area (Å²) in [5.41, 5.74) is -0.0569. The van der Waals surface area contributed by atoms with Crippen molar-refractivity contribution in [3.63, 3.8) is 0 Å². The number of Topliss-reactive ketones (excluding diaryl/α,β-unsaturated/α-hetero) is 2. The van der Waals surface area contributed by atoms with Crippen LogP contribution in [0, 0.1) is 11.8 Å². The first kappa shape index (κ1) is 39.5. The van der Waals surface area contributed by atoms with Gasteiger partial charge >= 0.3 is 0 Å². The van der Waals surface area contributed by atoms with Gasteiger partial charge in [-0.1, -0.05) is 65.8 Å². The molecule has 7 unspecified atom stereocenters. The number of amides is 1. The summed E-state index contributed by atoms with van der Waals surface area (Å²) in [6.45, 7) is 17.4. The number of carbonyl (C=O) groups excluding carboxylic acids is 3. The summed E-state index contributed by atoms with van der Waals surface area (Å²) < 4.78 is 21.0. The van der Waals surface area contributed by atoms with Crippen LogP contribution < -0.4 is 14.8 Å². The van der Waals surface area contributed by atoms with Gasteiger partial charge in [0, 0.05) is 35.0 Å². The van der Waals surface area contributed by atoms with Gasteiger partial charge in [0.15, 0.2) is 22.8 Å². The Hall–Kier alpha value is -4.73. The number of ketones is 2. The first-order chi connectivity index (χ1) is 26.4. The van der Waals surface area contributed by atoms with E-state index in [1.165, 1.54) is 5.57 Å². The zero-order chi connectivity index (χ0) is 40.5. The number of aliphatic hydroxyl groups is 1. The van der Waals surface area contributed by atoms with Gasteiger partial charge in [-0.05, 0) is 106 Å². The lowest BCUT2D eigenvalue weighted by Crippen LogP contribution is -2.72. The molecule has 0 aromatic heterocycles. The number of phenolic OH excluding ortho intramolecular Hbond substituents is 1. The van der Waals surface area contributed by atoms with Crippen LogP contribution in [0.15, 0.2) is 83.0 Å². The SMILES string of the molecule is CC(C)=CCCC1(C)C=Cc2c(O)c3c(c(CC=C(C)C)c2O1)OC12C(=CC4CC1C(C)(C)OC2(C/C=C(/C)C(=O)NC(C)C(O)c1ccccc1)C4=O)C3=O. The lowest BCUT2D eigenvalue weighted by molar-refractivity contribution is -0.171. The predicted molar refractivity (Wildman–Crippen MR) is 216 cm³/mol. The normalized spacial score (nSPS) is 28.8. The van der Waals surface area contributed by atoms with Gasteiger partial charge in [-0.25, -0.2) is 0 Å². The molecule has 2 aromatic rings. The van der Waals surface area contributed by atoms with Crippen molar-refractivity contribution in [2.75, 3.05) is 0 Å². The van der Waals surface area contributed by atoms with Crippen molar-refractivity contribution in [2.45, 2.75) is 129 Å². The van der Waals surface area contributed by atoms with Crippen molar-refractivity contribution in [1.29, 1.82) is 0 Å². The van der Waals surface area contributed by atoms with Crippen LogP contribution in [-0.4, -0.2) is 56.1 Å². The second-order valence-electron chi connectivity index (χ2n) is 17.6.